The molecule has 6 N–H and O–H groups in total. The number of rotatable bonds is 26. The van der Waals surface area contributed by atoms with Crippen LogP contribution >= 0.6 is 0 Å². The summed E-state index contributed by atoms with van der Waals surface area (Å²) in [6.45, 7) is 10.4. The molecular weight excluding hydrogens is 1770 g/mol. The summed E-state index contributed by atoms with van der Waals surface area (Å²) < 4.78 is 52.1. The fourth-order valence-electron chi connectivity index (χ4n) is 16.4. The Morgan fingerprint density at radius 3 is 1.44 bits per heavy atom. The van der Waals surface area contributed by atoms with Crippen molar-refractivity contribution in [1.29, 1.82) is 0 Å². The molecule has 8 bridgehead atoms. The highest BCUT2D eigenvalue weighted by atomic mass is 16.6. The molecule has 2 fully saturated rings. The average molecular weight is 1890 g/mol. The predicted molar refractivity (Wildman–Crippen MR) is 487 cm³/mol. The molecule has 728 valence electrons. The van der Waals surface area contributed by atoms with Crippen LogP contribution in [0.4, 0.5) is 32.3 Å². The number of carbonyl (C=O) groups is 18. The van der Waals surface area contributed by atoms with Crippen LogP contribution in [0.15, 0.2) is 121 Å². The van der Waals surface area contributed by atoms with E-state index in [0.29, 0.717) is 63.4 Å². The second-order valence-electron chi connectivity index (χ2n) is 33.9. The van der Waals surface area contributed by atoms with E-state index in [2.05, 4.69) is 45.1 Å². The normalized spacial score (nSPS) is 21.1. The molecule has 10 heterocycles. The van der Waals surface area contributed by atoms with E-state index in [9.17, 15) is 86.3 Å². The highest BCUT2D eigenvalue weighted by molar-refractivity contribution is 6.14. The summed E-state index contributed by atoms with van der Waals surface area (Å²) in [4.78, 5) is 262. The number of carbonyl (C=O) groups excluding carboxylic acids is 18. The van der Waals surface area contributed by atoms with Gasteiger partial charge in [0.25, 0.3) is 35.4 Å². The number of amides is 16. The zero-order valence-electron chi connectivity index (χ0n) is 77.2. The van der Waals surface area contributed by atoms with Gasteiger partial charge in [-0.3, -0.25) is 96.3 Å². The molecule has 136 heavy (non-hydrogen) atoms. The average Bonchev–Trinajstić information content (AvgIpc) is 1.62. The minimum Gasteiger partial charge on any atom is -0.493 e. The summed E-state index contributed by atoms with van der Waals surface area (Å²) >= 11 is 0. The number of nitrogens with one attached hydrogen (secondary N) is 6. The molecule has 7 atom stereocenters. The summed E-state index contributed by atoms with van der Waals surface area (Å²) in [7, 11) is 5.85. The van der Waals surface area contributed by atoms with Gasteiger partial charge in [-0.1, -0.05) is 62.4 Å². The molecule has 10 aliphatic rings. The zero-order valence-corrected chi connectivity index (χ0v) is 77.2. The van der Waals surface area contributed by atoms with Crippen LogP contribution in [0.1, 0.15) is 143 Å². The number of hydrazine groups is 1. The largest absolute Gasteiger partial charge is 0.493 e. The second-order valence-corrected chi connectivity index (χ2v) is 33.9. The molecular formula is C95H116N14O27. The number of imide groups is 2. The lowest BCUT2D eigenvalue weighted by Gasteiger charge is -2.35. The van der Waals surface area contributed by atoms with Gasteiger partial charge >= 0.3 is 12.2 Å². The summed E-state index contributed by atoms with van der Waals surface area (Å²) in [5.41, 5.74) is 3.19. The van der Waals surface area contributed by atoms with E-state index in [1.807, 2.05) is 0 Å². The molecule has 0 saturated carbocycles. The number of methoxy groups -OCH3 is 4. The number of fused-ring (bicyclic) bond motifs is 2. The number of benzene rings is 4. The van der Waals surface area contributed by atoms with Crippen molar-refractivity contribution in [3.8, 4) is 23.0 Å². The lowest BCUT2D eigenvalue weighted by Crippen LogP contribution is -2.55. The minimum absolute atomic E-state index is 0.0246. The van der Waals surface area contributed by atoms with E-state index in [1.54, 1.807) is 48.1 Å². The molecule has 0 radical (unpaired) electrons. The van der Waals surface area contributed by atoms with Crippen molar-refractivity contribution in [2.75, 3.05) is 147 Å². The highest BCUT2D eigenvalue weighted by Gasteiger charge is 2.47. The van der Waals surface area contributed by atoms with Crippen LogP contribution in [0, 0.1) is 11.8 Å². The van der Waals surface area contributed by atoms with E-state index in [1.165, 1.54) is 93.5 Å². The SMILES string of the molecule is C=C1C[C@H]2CN3C(=O)OCc4ccc(cc4)NC(=O)[C@H](CCC(=O)NCCOCCOC)NC(=O)[C@H](C)CC(=O)CN(C(=O)CCN4C(=O)C=CC4=O)N(C(=O)CCN4C(=O)C=CC4=O)CC(=O)C[C@@H](C)C(=O)N[C@@H](CCC(=O)NCCCCCOC)C(=O)Nc4ccc(cc4)COC(=O)N4c5cc(c(OC)cc5C(=O)N5CC(=C)C[C@H]5C4C)OCCCOc4cc3c(cc4OC)C(=O)N2C1. The molecule has 2 saturated heterocycles. The van der Waals surface area contributed by atoms with Crippen LogP contribution in [0.5, 0.6) is 23.0 Å². The van der Waals surface area contributed by atoms with Gasteiger partial charge in [0, 0.05) is 165 Å². The van der Waals surface area contributed by atoms with E-state index >= 15 is 0 Å². The molecule has 4 aromatic carbocycles. The predicted octanol–water partition coefficient (Wildman–Crippen LogP) is 5.32. The molecule has 1 unspecified atom stereocenters. The first-order valence-corrected chi connectivity index (χ1v) is 45.0. The van der Waals surface area contributed by atoms with E-state index in [-0.39, 0.29) is 161 Å². The zero-order chi connectivity index (χ0) is 98.0. The third-order valence-electron chi connectivity index (χ3n) is 23.8. The number of ketones is 2. The van der Waals surface area contributed by atoms with Crippen molar-refractivity contribution >= 4 is 129 Å². The standard InChI is InChI=1S/C95H116N14O27/c1-57-42-66-52-106-74-48-78(76(130-8)46-69(74)92(124)104(66)50-57)133-37-13-38-134-79-49-75-70(47-77(79)131-9)93(125)105-51-58(2)43-73(105)61(5)109(75)95(127)136-56-63-16-20-65(21-17-63)99-90(122)71(22-24-80(112)96-32-11-10-12-36-128-6)100-88(120)59(3)44-67(110)53-107(86(118)30-34-102-82(114)26-27-83(102)115)108(87(119)31-35-103-84(116)28-29-85(103)117)54-68(111)45-60(4)89(121)101-72(23-25-81(113)97-33-39-132-41-40-129-7)91(123)98-64-18-14-62(15-19-64)55-135-94(106)126/h14-21,26-29,46-49,59-61,66,71-73H,1-2,10-13,22-25,30-45,50-56H2,3-9H3,(H,96,112)(H,97,113)(H,98,123)(H,99,122)(H,100,120)(H,101,121)/t59-,60-,61?,66+,71+,72+,73+/m1/s1. The van der Waals surface area contributed by atoms with Crippen LogP contribution in [-0.4, -0.2) is 293 Å². The quantitative estimate of drug-likeness (QED) is 0.0263. The molecule has 0 spiro atoms. The number of nitrogens with zero attached hydrogens (tertiary/aromatic N) is 8. The Balaban J connectivity index is 0.907. The van der Waals surface area contributed by atoms with E-state index in [0.717, 1.165) is 48.3 Å². The third kappa shape index (κ3) is 27.1. The summed E-state index contributed by atoms with van der Waals surface area (Å²) in [5.74, 6) is -15.0. The van der Waals surface area contributed by atoms with Gasteiger partial charge in [-0.05, 0) is 99.4 Å². The van der Waals surface area contributed by atoms with Crippen molar-refractivity contribution in [2.45, 2.75) is 154 Å². The lowest BCUT2D eigenvalue weighted by molar-refractivity contribution is -0.168. The van der Waals surface area contributed by atoms with Gasteiger partial charge in [-0.25, -0.2) is 19.6 Å². The Morgan fingerprint density at radius 2 is 0.941 bits per heavy atom. The van der Waals surface area contributed by atoms with Gasteiger partial charge in [0.2, 0.25) is 47.3 Å². The van der Waals surface area contributed by atoms with Crippen molar-refractivity contribution in [1.82, 2.24) is 50.9 Å². The Kier molecular flexibility index (Phi) is 36.6. The molecule has 41 heteroatoms. The molecule has 0 aromatic heterocycles. The van der Waals surface area contributed by atoms with E-state index < -0.39 is 200 Å². The molecule has 4 aromatic rings. The Bertz CT molecular complexity index is 5200. The molecule has 41 nitrogen and oxygen atoms in total. The topological polar surface area (TPSA) is 488 Å². The van der Waals surface area contributed by atoms with Gasteiger partial charge < -0.3 is 84.3 Å². The maximum atomic E-state index is 14.9. The smallest absolute Gasteiger partial charge is 0.414 e. The fraction of sp³-hybridized carbons (Fsp3) is 0.474. The van der Waals surface area contributed by atoms with Crippen molar-refractivity contribution < 1.29 is 129 Å². The van der Waals surface area contributed by atoms with Gasteiger partial charge in [-0.15, -0.1) is 0 Å². The third-order valence-corrected chi connectivity index (χ3v) is 23.8. The van der Waals surface area contributed by atoms with E-state index in [4.69, 9.17) is 42.6 Å². The minimum atomic E-state index is -1.51. The van der Waals surface area contributed by atoms with Crippen molar-refractivity contribution in [2.24, 2.45) is 11.8 Å². The second kappa shape index (κ2) is 48.6. The maximum absolute atomic E-state index is 14.9. The summed E-state index contributed by atoms with van der Waals surface area (Å²) in [5, 5.41) is 17.3. The Labute approximate surface area is 785 Å². The number of Topliss-reactive ketones (excluding diaryl/α,β-unsaturated/α-hetero) is 2. The van der Waals surface area contributed by atoms with Gasteiger partial charge in [-0.2, -0.15) is 0 Å². The summed E-state index contributed by atoms with van der Waals surface area (Å²) in [6.07, 6.45) is 0.692. The van der Waals surface area contributed by atoms with Crippen LogP contribution < -0.4 is 60.6 Å². The van der Waals surface area contributed by atoms with Crippen molar-refractivity contribution in [3.05, 3.63) is 144 Å². The Morgan fingerprint density at radius 1 is 0.478 bits per heavy atom. The lowest BCUT2D eigenvalue weighted by atomic mass is 10.0. The fourth-order valence-corrected chi connectivity index (χ4v) is 16.4. The number of hydrogen-bond acceptors (Lipinski definition) is 27. The number of unbranched alkanes of at least 4 members (excludes halogenated alkanes) is 2. The van der Waals surface area contributed by atoms with Crippen LogP contribution in [0.25, 0.3) is 0 Å². The van der Waals surface area contributed by atoms with Gasteiger partial charge in [0.15, 0.2) is 34.6 Å². The molecule has 14 rings (SSSR count). The maximum Gasteiger partial charge on any atom is 0.414 e. The Hall–Kier alpha value is -14.2. The number of anilines is 4. The van der Waals surface area contributed by atoms with Crippen molar-refractivity contribution in [3.63, 3.8) is 0 Å². The van der Waals surface area contributed by atoms with Gasteiger partial charge in [0.1, 0.15) is 38.4 Å². The van der Waals surface area contributed by atoms with Crippen LogP contribution in [0.3, 0.4) is 0 Å². The first-order valence-electron chi connectivity index (χ1n) is 45.0. The van der Waals surface area contributed by atoms with Crippen LogP contribution in [-0.2, 0) is 104 Å². The first-order chi connectivity index (χ1) is 65.2. The molecule has 0 aliphatic carbocycles. The monoisotopic (exact) mass is 1880 g/mol. The molecule has 16 amide bonds. The first kappa shape index (κ1) is 102. The number of hydrogen-bond donors (Lipinski definition) is 6. The van der Waals surface area contributed by atoms with Gasteiger partial charge in [0.05, 0.1) is 94.4 Å². The summed E-state index contributed by atoms with van der Waals surface area (Å²) in [6, 6.07) is 13.4. The number of ether oxygens (including phenoxy) is 9. The highest BCUT2D eigenvalue weighted by Crippen LogP contribution is 2.44. The van der Waals surface area contributed by atoms with Crippen LogP contribution in [0.2, 0.25) is 0 Å². The molecule has 10 aliphatic heterocycles.